The summed E-state index contributed by atoms with van der Waals surface area (Å²) in [5.74, 6) is -0.0130. The van der Waals surface area contributed by atoms with Gasteiger partial charge in [-0.3, -0.25) is 9.69 Å². The molecule has 0 heterocycles. The monoisotopic (exact) mass is 248 g/mol. The maximum absolute atomic E-state index is 11.9. The number of hydrogen-bond donors (Lipinski definition) is 2. The number of aliphatic hydroxyl groups excluding tert-OH is 1. The number of hydrogen-bond acceptors (Lipinski definition) is 3. The van der Waals surface area contributed by atoms with Gasteiger partial charge in [-0.2, -0.15) is 0 Å². The molecule has 2 rings (SSSR count). The highest BCUT2D eigenvalue weighted by Gasteiger charge is 2.29. The second-order valence-corrected chi connectivity index (χ2v) is 4.84. The molecule has 1 amide bonds. The molecule has 0 aromatic heterocycles. The molecule has 1 saturated carbocycles. The van der Waals surface area contributed by atoms with Crippen LogP contribution in [-0.2, 0) is 4.79 Å². The van der Waals surface area contributed by atoms with Crippen LogP contribution in [-0.4, -0.2) is 41.7 Å². The van der Waals surface area contributed by atoms with Crippen molar-refractivity contribution in [2.45, 2.75) is 25.8 Å². The van der Waals surface area contributed by atoms with Crippen LogP contribution < -0.4 is 5.32 Å². The Labute approximate surface area is 108 Å². The Morgan fingerprint density at radius 3 is 2.89 bits per heavy atom. The molecule has 1 aromatic carbocycles. The van der Waals surface area contributed by atoms with Crippen LogP contribution in [0.4, 0.5) is 5.69 Å². The number of aryl methyl sites for hydroxylation is 1. The summed E-state index contributed by atoms with van der Waals surface area (Å²) in [4.78, 5) is 14.0. The van der Waals surface area contributed by atoms with Gasteiger partial charge in [0, 0.05) is 18.3 Å². The molecule has 2 N–H and O–H groups in total. The van der Waals surface area contributed by atoms with E-state index in [-0.39, 0.29) is 12.5 Å². The zero-order valence-corrected chi connectivity index (χ0v) is 10.7. The van der Waals surface area contributed by atoms with Crippen LogP contribution in [0.2, 0.25) is 0 Å². The predicted molar refractivity (Wildman–Crippen MR) is 71.5 cm³/mol. The molecule has 0 aliphatic heterocycles. The quantitative estimate of drug-likeness (QED) is 0.800. The highest BCUT2D eigenvalue weighted by Crippen LogP contribution is 2.26. The molecule has 1 fully saturated rings. The van der Waals surface area contributed by atoms with Crippen molar-refractivity contribution in [3.05, 3.63) is 29.8 Å². The van der Waals surface area contributed by atoms with Gasteiger partial charge >= 0.3 is 0 Å². The number of carbonyl (C=O) groups excluding carboxylic acids is 1. The van der Waals surface area contributed by atoms with Gasteiger partial charge in [-0.05, 0) is 37.5 Å². The number of carbonyl (C=O) groups is 1. The molecule has 18 heavy (non-hydrogen) atoms. The van der Waals surface area contributed by atoms with E-state index in [1.807, 2.05) is 36.1 Å². The van der Waals surface area contributed by atoms with Crippen LogP contribution in [0.5, 0.6) is 0 Å². The molecule has 0 unspecified atom stereocenters. The molecule has 0 bridgehead atoms. The van der Waals surface area contributed by atoms with Crippen molar-refractivity contribution in [3.8, 4) is 0 Å². The lowest BCUT2D eigenvalue weighted by molar-refractivity contribution is -0.117. The van der Waals surface area contributed by atoms with Crippen LogP contribution in [0.15, 0.2) is 24.3 Å². The first-order valence-corrected chi connectivity index (χ1v) is 6.40. The molecule has 0 radical (unpaired) electrons. The van der Waals surface area contributed by atoms with E-state index in [4.69, 9.17) is 5.11 Å². The fourth-order valence-electron chi connectivity index (χ4n) is 2.07. The molecule has 1 aliphatic rings. The topological polar surface area (TPSA) is 52.6 Å². The van der Waals surface area contributed by atoms with Crippen molar-refractivity contribution < 1.29 is 9.90 Å². The lowest BCUT2D eigenvalue weighted by atomic mass is 10.2. The lowest BCUT2D eigenvalue weighted by Gasteiger charge is -2.20. The van der Waals surface area contributed by atoms with Gasteiger partial charge in [0.05, 0.1) is 13.2 Å². The Bertz CT molecular complexity index is 416. The third-order valence-corrected chi connectivity index (χ3v) is 3.10. The van der Waals surface area contributed by atoms with E-state index in [2.05, 4.69) is 5.32 Å². The van der Waals surface area contributed by atoms with Crippen LogP contribution in [0.3, 0.4) is 0 Å². The summed E-state index contributed by atoms with van der Waals surface area (Å²) in [5, 5.41) is 11.9. The van der Waals surface area contributed by atoms with Crippen LogP contribution in [0, 0.1) is 6.92 Å². The van der Waals surface area contributed by atoms with E-state index in [0.29, 0.717) is 19.1 Å². The van der Waals surface area contributed by atoms with Crippen LogP contribution in [0.1, 0.15) is 18.4 Å². The summed E-state index contributed by atoms with van der Waals surface area (Å²) in [6.45, 7) is 3.04. The highest BCUT2D eigenvalue weighted by atomic mass is 16.3. The largest absolute Gasteiger partial charge is 0.395 e. The minimum atomic E-state index is -0.0130. The van der Waals surface area contributed by atoms with E-state index in [1.54, 1.807) is 0 Å². The Morgan fingerprint density at radius 2 is 2.28 bits per heavy atom. The van der Waals surface area contributed by atoms with Gasteiger partial charge in [-0.15, -0.1) is 0 Å². The minimum Gasteiger partial charge on any atom is -0.395 e. The summed E-state index contributed by atoms with van der Waals surface area (Å²) in [6.07, 6.45) is 2.27. The van der Waals surface area contributed by atoms with Gasteiger partial charge in [-0.1, -0.05) is 12.1 Å². The number of nitrogens with zero attached hydrogens (tertiary/aromatic N) is 1. The fraction of sp³-hybridized carbons (Fsp3) is 0.500. The maximum atomic E-state index is 11.9. The van der Waals surface area contributed by atoms with Crippen LogP contribution in [0.25, 0.3) is 0 Å². The molecule has 4 nitrogen and oxygen atoms in total. The van der Waals surface area contributed by atoms with Crippen molar-refractivity contribution in [2.75, 3.05) is 25.0 Å². The third kappa shape index (κ3) is 3.82. The molecule has 0 saturated heterocycles. The summed E-state index contributed by atoms with van der Waals surface area (Å²) < 4.78 is 0. The van der Waals surface area contributed by atoms with Gasteiger partial charge in [-0.25, -0.2) is 0 Å². The van der Waals surface area contributed by atoms with Gasteiger partial charge in [0.25, 0.3) is 0 Å². The van der Waals surface area contributed by atoms with Crippen molar-refractivity contribution >= 4 is 11.6 Å². The average Bonchev–Trinajstić information content (AvgIpc) is 3.12. The second kappa shape index (κ2) is 5.98. The molecule has 4 heteroatoms. The molecular formula is C14H20N2O2. The van der Waals surface area contributed by atoms with Crippen molar-refractivity contribution in [1.29, 1.82) is 0 Å². The summed E-state index contributed by atoms with van der Waals surface area (Å²) >= 11 is 0. The number of aliphatic hydroxyl groups is 1. The fourth-order valence-corrected chi connectivity index (χ4v) is 2.07. The highest BCUT2D eigenvalue weighted by molar-refractivity contribution is 5.92. The van der Waals surface area contributed by atoms with E-state index in [9.17, 15) is 4.79 Å². The maximum Gasteiger partial charge on any atom is 0.238 e. The molecule has 1 aliphatic carbocycles. The first kappa shape index (κ1) is 13.1. The first-order chi connectivity index (χ1) is 8.69. The predicted octanol–water partition coefficient (Wildman–Crippen LogP) is 1.39. The Morgan fingerprint density at radius 1 is 1.50 bits per heavy atom. The number of anilines is 1. The SMILES string of the molecule is Cc1cccc(NC(=O)CN(CCO)C2CC2)c1. The first-order valence-electron chi connectivity index (χ1n) is 6.40. The van der Waals surface area contributed by atoms with Crippen molar-refractivity contribution in [1.82, 2.24) is 4.90 Å². The molecule has 1 aromatic rings. The van der Waals surface area contributed by atoms with Gasteiger partial charge in [0.15, 0.2) is 0 Å². The number of nitrogens with one attached hydrogen (secondary N) is 1. The number of rotatable bonds is 6. The molecule has 0 spiro atoms. The summed E-state index contributed by atoms with van der Waals surface area (Å²) in [7, 11) is 0. The van der Waals surface area contributed by atoms with E-state index in [0.717, 1.165) is 24.1 Å². The number of amides is 1. The lowest BCUT2D eigenvalue weighted by Crippen LogP contribution is -2.36. The Kier molecular flexibility index (Phi) is 4.33. The van der Waals surface area contributed by atoms with E-state index < -0.39 is 0 Å². The Balaban J connectivity index is 1.87. The third-order valence-electron chi connectivity index (χ3n) is 3.10. The zero-order valence-electron chi connectivity index (χ0n) is 10.7. The van der Waals surface area contributed by atoms with Gasteiger partial charge in [0.1, 0.15) is 0 Å². The smallest absolute Gasteiger partial charge is 0.238 e. The summed E-state index contributed by atoms with van der Waals surface area (Å²) in [6, 6.07) is 8.25. The number of benzene rings is 1. The van der Waals surface area contributed by atoms with Crippen molar-refractivity contribution in [2.24, 2.45) is 0 Å². The van der Waals surface area contributed by atoms with Gasteiger partial charge in [0.2, 0.25) is 5.91 Å². The van der Waals surface area contributed by atoms with Crippen LogP contribution >= 0.6 is 0 Å². The average molecular weight is 248 g/mol. The normalized spacial score (nSPS) is 14.8. The Hall–Kier alpha value is -1.39. The second-order valence-electron chi connectivity index (χ2n) is 4.84. The molecular weight excluding hydrogens is 228 g/mol. The van der Waals surface area contributed by atoms with E-state index in [1.165, 1.54) is 0 Å². The van der Waals surface area contributed by atoms with Gasteiger partial charge < -0.3 is 10.4 Å². The van der Waals surface area contributed by atoms with E-state index >= 15 is 0 Å². The minimum absolute atomic E-state index is 0.0130. The van der Waals surface area contributed by atoms with Crippen molar-refractivity contribution in [3.63, 3.8) is 0 Å². The molecule has 0 atom stereocenters. The standard InChI is InChI=1S/C14H20N2O2/c1-11-3-2-4-12(9-11)15-14(18)10-16(7-8-17)13-5-6-13/h2-4,9,13,17H,5-8,10H2,1H3,(H,15,18). The zero-order chi connectivity index (χ0) is 13.0. The summed E-state index contributed by atoms with van der Waals surface area (Å²) in [5.41, 5.74) is 1.96. The molecule has 98 valence electrons.